The smallest absolute Gasteiger partial charge is 0.260 e. The van der Waals surface area contributed by atoms with E-state index in [1.165, 1.54) is 16.8 Å². The first kappa shape index (κ1) is 21.8. The molecule has 1 aromatic heterocycles. The Labute approximate surface area is 199 Å². The first-order valence-corrected chi connectivity index (χ1v) is 10.9. The van der Waals surface area contributed by atoms with Crippen LogP contribution < -0.4 is 5.32 Å². The fourth-order valence-corrected chi connectivity index (χ4v) is 4.30. The van der Waals surface area contributed by atoms with Crippen molar-refractivity contribution in [1.82, 2.24) is 14.7 Å². The monoisotopic (exact) mass is 478 g/mol. The molecule has 1 aliphatic heterocycles. The highest BCUT2D eigenvalue weighted by Crippen LogP contribution is 2.37. The number of halogens is 2. The zero-order chi connectivity index (χ0) is 24.0. The summed E-state index contributed by atoms with van der Waals surface area (Å²) in [6, 6.07) is 16.5. The molecule has 0 aliphatic carbocycles. The summed E-state index contributed by atoms with van der Waals surface area (Å²) in [5.74, 6) is -1.14. The average Bonchev–Trinajstić information content (AvgIpc) is 3.38. The number of benzene rings is 3. The Morgan fingerprint density at radius 2 is 1.76 bits per heavy atom. The number of amides is 1. The molecule has 3 N–H and O–H groups in total. The molecule has 4 aromatic rings. The van der Waals surface area contributed by atoms with Crippen molar-refractivity contribution in [2.75, 3.05) is 5.32 Å². The normalized spacial score (nSPS) is 12.6. The molecule has 0 atom stereocenters. The van der Waals surface area contributed by atoms with Gasteiger partial charge in [0.1, 0.15) is 22.9 Å². The van der Waals surface area contributed by atoms with Gasteiger partial charge in [0.2, 0.25) is 0 Å². The lowest BCUT2D eigenvalue weighted by Crippen LogP contribution is -2.26. The average molecular weight is 479 g/mol. The molecule has 172 valence electrons. The van der Waals surface area contributed by atoms with Gasteiger partial charge < -0.3 is 20.4 Å². The lowest BCUT2D eigenvalue weighted by molar-refractivity contribution is 0.0749. The number of nitrogens with one attached hydrogen (secondary N) is 1. The molecule has 0 unspecified atom stereocenters. The van der Waals surface area contributed by atoms with Crippen LogP contribution in [0.15, 0.2) is 60.7 Å². The maximum Gasteiger partial charge on any atom is 0.260 e. The van der Waals surface area contributed by atoms with Gasteiger partial charge in [-0.05, 0) is 23.3 Å². The molecular weight excluding hydrogens is 459 g/mol. The van der Waals surface area contributed by atoms with Crippen molar-refractivity contribution in [3.05, 3.63) is 88.2 Å². The topological polar surface area (TPSA) is 90.6 Å². The van der Waals surface area contributed by atoms with E-state index in [2.05, 4.69) is 10.4 Å². The SMILES string of the molecule is Cn1nc(-c2cccc(Cl)c2F)cc1Nc1cc(O)cc(O)c1C(=O)N1Cc2ccccc2C1. The van der Waals surface area contributed by atoms with Gasteiger partial charge in [-0.15, -0.1) is 0 Å². The molecule has 0 bridgehead atoms. The second-order valence-corrected chi connectivity index (χ2v) is 8.49. The molecule has 0 radical (unpaired) electrons. The quantitative estimate of drug-likeness (QED) is 0.375. The predicted molar refractivity (Wildman–Crippen MR) is 127 cm³/mol. The summed E-state index contributed by atoms with van der Waals surface area (Å²) in [6.07, 6.45) is 0. The highest BCUT2D eigenvalue weighted by Gasteiger charge is 2.28. The van der Waals surface area contributed by atoms with Crippen LogP contribution in [0.1, 0.15) is 21.5 Å². The number of hydrogen-bond donors (Lipinski definition) is 3. The van der Waals surface area contributed by atoms with Gasteiger partial charge in [0.25, 0.3) is 5.91 Å². The van der Waals surface area contributed by atoms with Crippen molar-refractivity contribution in [2.24, 2.45) is 7.05 Å². The van der Waals surface area contributed by atoms with Crippen LogP contribution in [-0.2, 0) is 20.1 Å². The summed E-state index contributed by atoms with van der Waals surface area (Å²) in [5, 5.41) is 28.0. The van der Waals surface area contributed by atoms with E-state index in [1.807, 2.05) is 24.3 Å². The molecule has 2 heterocycles. The molecule has 0 fully saturated rings. The predicted octanol–water partition coefficient (Wildman–Crippen LogP) is 5.19. The standard InChI is InChI=1S/C25H20ClFN4O3/c1-30-22(11-19(29-30)17-7-4-8-18(26)24(17)27)28-20-9-16(32)10-21(33)23(20)25(34)31-12-14-5-2-3-6-15(14)13-31/h2-11,28,32-33H,12-13H2,1H3. The van der Waals surface area contributed by atoms with Crippen LogP contribution in [0.4, 0.5) is 15.9 Å². The summed E-state index contributed by atoms with van der Waals surface area (Å²) in [7, 11) is 1.65. The number of phenolic OH excluding ortho intramolecular Hbond substituents is 2. The van der Waals surface area contributed by atoms with Crippen LogP contribution in [0.2, 0.25) is 5.02 Å². The number of phenols is 2. The Hall–Kier alpha value is -4.04. The van der Waals surface area contributed by atoms with E-state index >= 15 is 0 Å². The summed E-state index contributed by atoms with van der Waals surface area (Å²) in [4.78, 5) is 15.0. The highest BCUT2D eigenvalue weighted by molar-refractivity contribution is 6.31. The number of nitrogens with zero attached hydrogens (tertiary/aromatic N) is 3. The van der Waals surface area contributed by atoms with Crippen molar-refractivity contribution in [1.29, 1.82) is 0 Å². The van der Waals surface area contributed by atoms with E-state index in [1.54, 1.807) is 30.1 Å². The van der Waals surface area contributed by atoms with E-state index in [4.69, 9.17) is 11.6 Å². The van der Waals surface area contributed by atoms with Crippen molar-refractivity contribution in [3.8, 4) is 22.8 Å². The number of fused-ring (bicyclic) bond motifs is 1. The maximum atomic E-state index is 14.5. The Morgan fingerprint density at radius 3 is 2.47 bits per heavy atom. The first-order valence-electron chi connectivity index (χ1n) is 10.5. The second kappa shape index (κ2) is 8.39. The van der Waals surface area contributed by atoms with E-state index in [9.17, 15) is 19.4 Å². The van der Waals surface area contributed by atoms with Gasteiger partial charge in [-0.3, -0.25) is 9.48 Å². The molecule has 0 saturated carbocycles. The number of aromatic hydroxyl groups is 2. The van der Waals surface area contributed by atoms with E-state index in [0.29, 0.717) is 24.6 Å². The van der Waals surface area contributed by atoms with Crippen LogP contribution in [0, 0.1) is 5.82 Å². The molecular formula is C25H20ClFN4O3. The number of rotatable bonds is 4. The van der Waals surface area contributed by atoms with Crippen LogP contribution in [0.25, 0.3) is 11.3 Å². The van der Waals surface area contributed by atoms with E-state index < -0.39 is 5.82 Å². The van der Waals surface area contributed by atoms with Crippen LogP contribution in [0.5, 0.6) is 11.5 Å². The lowest BCUT2D eigenvalue weighted by atomic mass is 10.1. The third-order valence-corrected chi connectivity index (χ3v) is 6.11. The summed E-state index contributed by atoms with van der Waals surface area (Å²) < 4.78 is 16.0. The van der Waals surface area contributed by atoms with Gasteiger partial charge >= 0.3 is 0 Å². The second-order valence-electron chi connectivity index (χ2n) is 8.08. The van der Waals surface area contributed by atoms with Crippen molar-refractivity contribution < 1.29 is 19.4 Å². The minimum atomic E-state index is -0.590. The molecule has 0 spiro atoms. The van der Waals surface area contributed by atoms with Gasteiger partial charge in [0.15, 0.2) is 5.82 Å². The Morgan fingerprint density at radius 1 is 1.06 bits per heavy atom. The zero-order valence-electron chi connectivity index (χ0n) is 18.1. The zero-order valence-corrected chi connectivity index (χ0v) is 18.8. The Kier molecular flexibility index (Phi) is 5.37. The van der Waals surface area contributed by atoms with Gasteiger partial charge in [-0.1, -0.05) is 41.9 Å². The third kappa shape index (κ3) is 3.82. The highest BCUT2D eigenvalue weighted by atomic mass is 35.5. The number of hydrogen-bond acceptors (Lipinski definition) is 5. The summed E-state index contributed by atoms with van der Waals surface area (Å²) in [6.45, 7) is 0.831. The number of carbonyl (C=O) groups excluding carboxylic acids is 1. The molecule has 34 heavy (non-hydrogen) atoms. The van der Waals surface area contributed by atoms with Crippen molar-refractivity contribution in [2.45, 2.75) is 13.1 Å². The molecule has 7 nitrogen and oxygen atoms in total. The molecule has 1 aliphatic rings. The lowest BCUT2D eigenvalue weighted by Gasteiger charge is -2.19. The van der Waals surface area contributed by atoms with Crippen LogP contribution in [-0.4, -0.2) is 30.8 Å². The minimum Gasteiger partial charge on any atom is -0.508 e. The van der Waals surface area contributed by atoms with Gasteiger partial charge in [-0.2, -0.15) is 5.10 Å². The largest absolute Gasteiger partial charge is 0.508 e. The van der Waals surface area contributed by atoms with Crippen molar-refractivity contribution >= 4 is 29.0 Å². The molecule has 0 saturated heterocycles. The number of carbonyl (C=O) groups is 1. The fourth-order valence-electron chi connectivity index (χ4n) is 4.13. The van der Waals surface area contributed by atoms with E-state index in [0.717, 1.165) is 17.2 Å². The first-order chi connectivity index (χ1) is 16.3. The van der Waals surface area contributed by atoms with Gasteiger partial charge in [0.05, 0.1) is 16.4 Å². The van der Waals surface area contributed by atoms with Gasteiger partial charge in [0, 0.05) is 43.9 Å². The minimum absolute atomic E-state index is 0.0160. The molecule has 1 amide bonds. The summed E-state index contributed by atoms with van der Waals surface area (Å²) >= 11 is 5.90. The van der Waals surface area contributed by atoms with Crippen LogP contribution in [0.3, 0.4) is 0 Å². The Bertz CT molecular complexity index is 1410. The maximum absolute atomic E-state index is 14.5. The number of aryl methyl sites for hydroxylation is 1. The van der Waals surface area contributed by atoms with E-state index in [-0.39, 0.29) is 39.2 Å². The molecule has 3 aromatic carbocycles. The van der Waals surface area contributed by atoms with Gasteiger partial charge in [-0.25, -0.2) is 4.39 Å². The van der Waals surface area contributed by atoms with Crippen molar-refractivity contribution in [3.63, 3.8) is 0 Å². The molecule has 5 rings (SSSR count). The summed E-state index contributed by atoms with van der Waals surface area (Å²) in [5.41, 5.74) is 2.85. The number of anilines is 2. The Balaban J connectivity index is 1.49. The number of aromatic nitrogens is 2. The van der Waals surface area contributed by atoms with Crippen LogP contribution >= 0.6 is 11.6 Å². The fraction of sp³-hybridized carbons (Fsp3) is 0.120. The molecule has 9 heteroatoms. The third-order valence-electron chi connectivity index (χ3n) is 5.81.